The summed E-state index contributed by atoms with van der Waals surface area (Å²) < 4.78 is 6.87. The molecular weight excluding hydrogens is 292 g/mol. The smallest absolute Gasteiger partial charge is 0.226 e. The van der Waals surface area contributed by atoms with Gasteiger partial charge in [-0.15, -0.1) is 10.2 Å². The highest BCUT2D eigenvalue weighted by Crippen LogP contribution is 2.30. The van der Waals surface area contributed by atoms with Gasteiger partial charge in [0.2, 0.25) is 5.43 Å². The van der Waals surface area contributed by atoms with Crippen LogP contribution in [0.5, 0.6) is 5.75 Å². The molecule has 0 aliphatic rings. The zero-order chi connectivity index (χ0) is 13.0. The summed E-state index contributed by atoms with van der Waals surface area (Å²) in [6.07, 6.45) is 1.05. The van der Waals surface area contributed by atoms with Crippen LogP contribution in [0, 0.1) is 0 Å². The molecule has 2 heterocycles. The zero-order valence-corrected chi connectivity index (χ0v) is 11.9. The van der Waals surface area contributed by atoms with Crippen molar-refractivity contribution in [2.24, 2.45) is 0 Å². The molecule has 2 rings (SSSR count). The van der Waals surface area contributed by atoms with Gasteiger partial charge in [-0.2, -0.15) is 0 Å². The molecule has 0 atom stereocenters. The Labute approximate surface area is 116 Å². The van der Waals surface area contributed by atoms with Gasteiger partial charge in [-0.25, -0.2) is 0 Å². The van der Waals surface area contributed by atoms with E-state index in [0.29, 0.717) is 11.5 Å². The number of aromatic nitrogens is 2. The second-order valence-electron chi connectivity index (χ2n) is 3.15. The normalized spacial score (nSPS) is 10.7. The molecule has 2 aromatic rings. The lowest BCUT2D eigenvalue weighted by molar-refractivity contribution is 0.419. The summed E-state index contributed by atoms with van der Waals surface area (Å²) in [7, 11) is 0. The van der Waals surface area contributed by atoms with Crippen molar-refractivity contribution < 1.29 is 9.52 Å². The molecule has 2 aromatic heterocycles. The van der Waals surface area contributed by atoms with Gasteiger partial charge in [-0.1, -0.05) is 41.8 Å². The second kappa shape index (κ2) is 6.26. The molecule has 96 valence electrons. The largest absolute Gasteiger partial charge is 0.502 e. The highest BCUT2D eigenvalue weighted by atomic mass is 32.2. The highest BCUT2D eigenvalue weighted by molar-refractivity contribution is 8.02. The molecule has 0 unspecified atom stereocenters. The maximum atomic E-state index is 11.2. The average Bonchev–Trinajstić information content (AvgIpc) is 2.79. The third-order valence-electron chi connectivity index (χ3n) is 1.86. The van der Waals surface area contributed by atoms with Crippen LogP contribution in [0.3, 0.4) is 0 Å². The van der Waals surface area contributed by atoms with E-state index in [4.69, 9.17) is 9.52 Å². The van der Waals surface area contributed by atoms with E-state index in [-0.39, 0.29) is 5.75 Å². The van der Waals surface area contributed by atoms with Gasteiger partial charge in [0.05, 0.1) is 5.75 Å². The lowest BCUT2D eigenvalue weighted by Gasteiger charge is -1.97. The monoisotopic (exact) mass is 302 g/mol. The molecule has 0 amide bonds. The Morgan fingerprint density at radius 3 is 2.78 bits per heavy atom. The van der Waals surface area contributed by atoms with Gasteiger partial charge in [-0.3, -0.25) is 4.79 Å². The quantitative estimate of drug-likeness (QED) is 0.851. The summed E-state index contributed by atoms with van der Waals surface area (Å²) in [6.45, 7) is 2.06. The molecule has 0 bridgehead atoms. The Kier molecular flexibility index (Phi) is 4.67. The third-order valence-corrected chi connectivity index (χ3v) is 4.95. The van der Waals surface area contributed by atoms with E-state index in [9.17, 15) is 4.79 Å². The van der Waals surface area contributed by atoms with Crippen LogP contribution in [-0.2, 0) is 5.75 Å². The summed E-state index contributed by atoms with van der Waals surface area (Å²) in [4.78, 5) is 11.2. The van der Waals surface area contributed by atoms with Crippen molar-refractivity contribution >= 4 is 34.9 Å². The Bertz CT molecular complexity index is 582. The van der Waals surface area contributed by atoms with E-state index in [0.717, 1.165) is 20.7 Å². The van der Waals surface area contributed by atoms with Gasteiger partial charge in [-0.05, 0) is 5.75 Å². The van der Waals surface area contributed by atoms with Crippen LogP contribution in [0.4, 0.5) is 0 Å². The van der Waals surface area contributed by atoms with Gasteiger partial charge in [0, 0.05) is 6.07 Å². The van der Waals surface area contributed by atoms with Crippen LogP contribution in [0.2, 0.25) is 0 Å². The van der Waals surface area contributed by atoms with E-state index >= 15 is 0 Å². The molecule has 0 aliphatic heterocycles. The van der Waals surface area contributed by atoms with Crippen LogP contribution in [0.25, 0.3) is 0 Å². The molecule has 0 saturated heterocycles. The van der Waals surface area contributed by atoms with Crippen LogP contribution < -0.4 is 5.43 Å². The summed E-state index contributed by atoms with van der Waals surface area (Å²) in [5, 5.41) is 17.1. The van der Waals surface area contributed by atoms with E-state index in [2.05, 4.69) is 17.1 Å². The maximum Gasteiger partial charge on any atom is 0.226 e. The molecule has 0 aliphatic carbocycles. The first-order chi connectivity index (χ1) is 8.69. The fraction of sp³-hybridized carbons (Fsp3) is 0.300. The number of hydrogen-bond donors (Lipinski definition) is 1. The van der Waals surface area contributed by atoms with Crippen molar-refractivity contribution in [3.05, 3.63) is 28.3 Å². The van der Waals surface area contributed by atoms with Crippen molar-refractivity contribution in [3.63, 3.8) is 0 Å². The van der Waals surface area contributed by atoms with Crippen LogP contribution >= 0.6 is 34.9 Å². The standard InChI is InChI=1S/C10H10N2O3S3/c1-2-16-9-11-12-10(18-9)17-5-6-3-7(13)8(14)4-15-6/h3-4,14H,2,5H2,1H3. The van der Waals surface area contributed by atoms with Gasteiger partial charge in [0.15, 0.2) is 14.4 Å². The number of aromatic hydroxyl groups is 1. The first kappa shape index (κ1) is 13.4. The number of thioether (sulfide) groups is 2. The Morgan fingerprint density at radius 1 is 1.39 bits per heavy atom. The SMILES string of the molecule is CCSc1nnc(SCc2cc(=O)c(O)co2)s1. The predicted molar refractivity (Wildman–Crippen MR) is 72.5 cm³/mol. The molecule has 8 heteroatoms. The van der Waals surface area contributed by atoms with Crippen molar-refractivity contribution in [3.8, 4) is 5.75 Å². The highest BCUT2D eigenvalue weighted by Gasteiger charge is 2.07. The molecule has 0 radical (unpaired) electrons. The summed E-state index contributed by atoms with van der Waals surface area (Å²) in [5.41, 5.74) is -0.434. The Morgan fingerprint density at radius 2 is 2.11 bits per heavy atom. The Balaban J connectivity index is 1.97. The summed E-state index contributed by atoms with van der Waals surface area (Å²) >= 11 is 4.62. The van der Waals surface area contributed by atoms with E-state index in [1.165, 1.54) is 29.2 Å². The predicted octanol–water partition coefficient (Wildman–Crippen LogP) is 2.60. The summed E-state index contributed by atoms with van der Waals surface area (Å²) in [6, 6.07) is 1.28. The van der Waals surface area contributed by atoms with E-state index in [1.807, 2.05) is 0 Å². The third kappa shape index (κ3) is 3.50. The topological polar surface area (TPSA) is 76.2 Å². The van der Waals surface area contributed by atoms with Crippen LogP contribution in [0.1, 0.15) is 12.7 Å². The summed E-state index contributed by atoms with van der Waals surface area (Å²) in [5.74, 6) is 1.58. The molecule has 0 fully saturated rings. The second-order valence-corrected chi connectivity index (χ2v) is 6.86. The minimum absolute atomic E-state index is 0.374. The molecule has 1 N–H and O–H groups in total. The average molecular weight is 302 g/mol. The van der Waals surface area contributed by atoms with Gasteiger partial charge >= 0.3 is 0 Å². The fourth-order valence-corrected chi connectivity index (χ4v) is 3.90. The van der Waals surface area contributed by atoms with Gasteiger partial charge in [0.25, 0.3) is 0 Å². The van der Waals surface area contributed by atoms with Crippen molar-refractivity contribution in [1.29, 1.82) is 0 Å². The minimum atomic E-state index is -0.434. The lowest BCUT2D eigenvalue weighted by Crippen LogP contribution is -1.98. The van der Waals surface area contributed by atoms with Crippen molar-refractivity contribution in [2.75, 3.05) is 5.75 Å². The first-order valence-electron chi connectivity index (χ1n) is 5.09. The molecule has 0 aromatic carbocycles. The molecule has 0 saturated carbocycles. The maximum absolute atomic E-state index is 11.2. The molecule has 18 heavy (non-hydrogen) atoms. The minimum Gasteiger partial charge on any atom is -0.502 e. The van der Waals surface area contributed by atoms with Crippen LogP contribution in [-0.4, -0.2) is 21.1 Å². The van der Waals surface area contributed by atoms with E-state index < -0.39 is 5.43 Å². The molecule has 5 nitrogen and oxygen atoms in total. The Hall–Kier alpha value is -0.990. The van der Waals surface area contributed by atoms with E-state index in [1.54, 1.807) is 11.8 Å². The fourth-order valence-electron chi connectivity index (χ4n) is 1.09. The first-order valence-corrected chi connectivity index (χ1v) is 7.87. The van der Waals surface area contributed by atoms with Crippen LogP contribution in [0.15, 0.2) is 30.2 Å². The molecular formula is C10H10N2O3S3. The van der Waals surface area contributed by atoms with Gasteiger partial charge in [0.1, 0.15) is 12.0 Å². The zero-order valence-electron chi connectivity index (χ0n) is 9.45. The number of hydrogen-bond acceptors (Lipinski definition) is 8. The van der Waals surface area contributed by atoms with Crippen molar-refractivity contribution in [2.45, 2.75) is 21.4 Å². The van der Waals surface area contributed by atoms with Crippen molar-refractivity contribution in [1.82, 2.24) is 10.2 Å². The molecule has 0 spiro atoms. The number of nitrogens with zero attached hydrogens (tertiary/aromatic N) is 2. The number of rotatable bonds is 5. The van der Waals surface area contributed by atoms with Gasteiger partial charge < -0.3 is 9.52 Å². The lowest BCUT2D eigenvalue weighted by atomic mass is 10.4.